The van der Waals surface area contributed by atoms with E-state index in [1.54, 1.807) is 0 Å². The SMILES string of the molecule is Cl.NCCCc1ccc(Cl)cc1. The molecule has 0 aromatic heterocycles. The second kappa shape index (κ2) is 6.30. The van der Waals surface area contributed by atoms with Gasteiger partial charge in [-0.25, -0.2) is 0 Å². The molecule has 0 atom stereocenters. The molecule has 1 aromatic rings. The van der Waals surface area contributed by atoms with Crippen molar-refractivity contribution in [1.82, 2.24) is 0 Å². The highest BCUT2D eigenvalue weighted by molar-refractivity contribution is 6.30. The zero-order valence-electron chi connectivity index (χ0n) is 6.79. The van der Waals surface area contributed by atoms with Crippen LogP contribution in [0.5, 0.6) is 0 Å². The quantitative estimate of drug-likeness (QED) is 0.808. The van der Waals surface area contributed by atoms with E-state index in [-0.39, 0.29) is 12.4 Å². The van der Waals surface area contributed by atoms with Crippen LogP contribution in [0, 0.1) is 0 Å². The Hall–Kier alpha value is -0.240. The van der Waals surface area contributed by atoms with Gasteiger partial charge in [0, 0.05) is 5.02 Å². The van der Waals surface area contributed by atoms with E-state index in [2.05, 4.69) is 0 Å². The van der Waals surface area contributed by atoms with Crippen molar-refractivity contribution in [3.8, 4) is 0 Å². The topological polar surface area (TPSA) is 26.0 Å². The number of halogens is 2. The van der Waals surface area contributed by atoms with Gasteiger partial charge in [-0.3, -0.25) is 0 Å². The van der Waals surface area contributed by atoms with Crippen molar-refractivity contribution in [2.45, 2.75) is 12.8 Å². The van der Waals surface area contributed by atoms with Gasteiger partial charge in [0.25, 0.3) is 0 Å². The Bertz CT molecular complexity index is 208. The maximum absolute atomic E-state index is 5.72. The molecule has 0 radical (unpaired) electrons. The summed E-state index contributed by atoms with van der Waals surface area (Å²) in [5.74, 6) is 0. The monoisotopic (exact) mass is 205 g/mol. The molecule has 3 heteroatoms. The predicted molar refractivity (Wildman–Crippen MR) is 56.1 cm³/mol. The third-order valence-corrected chi connectivity index (χ3v) is 1.83. The highest BCUT2D eigenvalue weighted by Crippen LogP contribution is 2.10. The summed E-state index contributed by atoms with van der Waals surface area (Å²) in [6.07, 6.45) is 2.09. The predicted octanol–water partition coefficient (Wildman–Crippen LogP) is 2.65. The molecule has 0 saturated carbocycles. The Morgan fingerprint density at radius 3 is 2.25 bits per heavy atom. The summed E-state index contributed by atoms with van der Waals surface area (Å²) in [6, 6.07) is 7.90. The first-order valence-corrected chi connectivity index (χ1v) is 4.15. The minimum Gasteiger partial charge on any atom is -0.330 e. The van der Waals surface area contributed by atoms with Crippen molar-refractivity contribution in [3.63, 3.8) is 0 Å². The highest BCUT2D eigenvalue weighted by atomic mass is 35.5. The van der Waals surface area contributed by atoms with Crippen LogP contribution < -0.4 is 5.73 Å². The van der Waals surface area contributed by atoms with E-state index in [0.29, 0.717) is 0 Å². The smallest absolute Gasteiger partial charge is 0.0406 e. The van der Waals surface area contributed by atoms with Gasteiger partial charge >= 0.3 is 0 Å². The molecule has 68 valence electrons. The lowest BCUT2D eigenvalue weighted by molar-refractivity contribution is 0.833. The van der Waals surface area contributed by atoms with Gasteiger partial charge < -0.3 is 5.73 Å². The number of aryl methyl sites for hydroxylation is 1. The molecule has 12 heavy (non-hydrogen) atoms. The minimum atomic E-state index is 0. The molecular formula is C9H13Cl2N. The molecule has 0 heterocycles. The Balaban J connectivity index is 0.00000121. The third-order valence-electron chi connectivity index (χ3n) is 1.58. The molecular weight excluding hydrogens is 193 g/mol. The number of hydrogen-bond acceptors (Lipinski definition) is 1. The van der Waals surface area contributed by atoms with Gasteiger partial charge in [0.2, 0.25) is 0 Å². The first-order valence-electron chi connectivity index (χ1n) is 3.77. The van der Waals surface area contributed by atoms with Crippen LogP contribution in [0.4, 0.5) is 0 Å². The van der Waals surface area contributed by atoms with E-state index in [4.69, 9.17) is 17.3 Å². The molecule has 1 aromatic carbocycles. The summed E-state index contributed by atoms with van der Waals surface area (Å²) < 4.78 is 0. The zero-order valence-corrected chi connectivity index (χ0v) is 8.37. The van der Waals surface area contributed by atoms with Crippen LogP contribution >= 0.6 is 24.0 Å². The van der Waals surface area contributed by atoms with Gasteiger partial charge in [0.1, 0.15) is 0 Å². The number of hydrogen-bond donors (Lipinski definition) is 1. The first kappa shape index (κ1) is 11.8. The lowest BCUT2D eigenvalue weighted by Crippen LogP contribution is -1.99. The molecule has 1 nitrogen and oxygen atoms in total. The van der Waals surface area contributed by atoms with Crippen LogP contribution in [0.15, 0.2) is 24.3 Å². The Labute approximate surface area is 84.3 Å². The zero-order chi connectivity index (χ0) is 8.10. The van der Waals surface area contributed by atoms with Crippen molar-refractivity contribution < 1.29 is 0 Å². The van der Waals surface area contributed by atoms with Crippen molar-refractivity contribution in [1.29, 1.82) is 0 Å². The molecule has 0 bridgehead atoms. The van der Waals surface area contributed by atoms with Crippen LogP contribution in [0.1, 0.15) is 12.0 Å². The summed E-state index contributed by atoms with van der Waals surface area (Å²) in [6.45, 7) is 0.753. The number of nitrogens with two attached hydrogens (primary N) is 1. The fraction of sp³-hybridized carbons (Fsp3) is 0.333. The average Bonchev–Trinajstić information content (AvgIpc) is 2.04. The van der Waals surface area contributed by atoms with Crippen LogP contribution in [0.25, 0.3) is 0 Å². The molecule has 0 amide bonds. The molecule has 0 aliphatic rings. The Morgan fingerprint density at radius 2 is 1.75 bits per heavy atom. The van der Waals surface area contributed by atoms with Gasteiger partial charge in [-0.1, -0.05) is 23.7 Å². The van der Waals surface area contributed by atoms with Crippen molar-refractivity contribution in [3.05, 3.63) is 34.9 Å². The molecule has 1 rings (SSSR count). The van der Waals surface area contributed by atoms with Crippen molar-refractivity contribution in [2.75, 3.05) is 6.54 Å². The first-order chi connectivity index (χ1) is 5.33. The van der Waals surface area contributed by atoms with Crippen LogP contribution in [-0.2, 0) is 6.42 Å². The standard InChI is InChI=1S/C9H12ClN.ClH/c10-9-5-3-8(4-6-9)2-1-7-11;/h3-6H,1-2,7,11H2;1H. The van der Waals surface area contributed by atoms with Gasteiger partial charge in [-0.05, 0) is 37.1 Å². The molecule has 0 spiro atoms. The number of rotatable bonds is 3. The molecule has 0 aliphatic heterocycles. The Kier molecular flexibility index (Phi) is 6.17. The van der Waals surface area contributed by atoms with Gasteiger partial charge in [0.15, 0.2) is 0 Å². The van der Waals surface area contributed by atoms with Crippen molar-refractivity contribution >= 4 is 24.0 Å². The maximum atomic E-state index is 5.72. The van der Waals surface area contributed by atoms with E-state index in [0.717, 1.165) is 24.4 Å². The fourth-order valence-electron chi connectivity index (χ4n) is 0.957. The summed E-state index contributed by atoms with van der Waals surface area (Å²) in [4.78, 5) is 0. The minimum absolute atomic E-state index is 0. The van der Waals surface area contributed by atoms with Crippen LogP contribution in [-0.4, -0.2) is 6.54 Å². The lowest BCUT2D eigenvalue weighted by atomic mass is 10.1. The average molecular weight is 206 g/mol. The van der Waals surface area contributed by atoms with Crippen molar-refractivity contribution in [2.24, 2.45) is 5.73 Å². The molecule has 0 unspecified atom stereocenters. The fourth-order valence-corrected chi connectivity index (χ4v) is 1.08. The van der Waals surface area contributed by atoms with E-state index in [1.807, 2.05) is 24.3 Å². The lowest BCUT2D eigenvalue weighted by Gasteiger charge is -1.98. The van der Waals surface area contributed by atoms with E-state index >= 15 is 0 Å². The largest absolute Gasteiger partial charge is 0.330 e. The van der Waals surface area contributed by atoms with Crippen LogP contribution in [0.3, 0.4) is 0 Å². The molecule has 0 fully saturated rings. The molecule has 0 saturated heterocycles. The van der Waals surface area contributed by atoms with Gasteiger partial charge in [0.05, 0.1) is 0 Å². The second-order valence-electron chi connectivity index (χ2n) is 2.52. The van der Waals surface area contributed by atoms with Gasteiger partial charge in [-0.2, -0.15) is 0 Å². The van der Waals surface area contributed by atoms with E-state index in [1.165, 1.54) is 5.56 Å². The summed E-state index contributed by atoms with van der Waals surface area (Å²) in [5, 5.41) is 0.793. The summed E-state index contributed by atoms with van der Waals surface area (Å²) >= 11 is 5.72. The molecule has 0 aliphatic carbocycles. The maximum Gasteiger partial charge on any atom is 0.0406 e. The normalized spacial score (nSPS) is 9.17. The molecule has 2 N–H and O–H groups in total. The highest BCUT2D eigenvalue weighted by Gasteiger charge is 1.91. The summed E-state index contributed by atoms with van der Waals surface area (Å²) in [5.41, 5.74) is 6.69. The van der Waals surface area contributed by atoms with Crippen LogP contribution in [0.2, 0.25) is 5.02 Å². The number of benzene rings is 1. The van der Waals surface area contributed by atoms with E-state index < -0.39 is 0 Å². The van der Waals surface area contributed by atoms with Gasteiger partial charge in [-0.15, -0.1) is 12.4 Å². The third kappa shape index (κ3) is 3.96. The summed E-state index contributed by atoms with van der Waals surface area (Å²) in [7, 11) is 0. The van der Waals surface area contributed by atoms with E-state index in [9.17, 15) is 0 Å². The Morgan fingerprint density at radius 1 is 1.17 bits per heavy atom. The second-order valence-corrected chi connectivity index (χ2v) is 2.96.